The van der Waals surface area contributed by atoms with Crippen LogP contribution >= 0.6 is 0 Å². The van der Waals surface area contributed by atoms with Gasteiger partial charge in [-0.2, -0.15) is 0 Å². The summed E-state index contributed by atoms with van der Waals surface area (Å²) in [6, 6.07) is 55.4. The minimum absolute atomic E-state index is 0.412. The zero-order valence-corrected chi connectivity index (χ0v) is 29.0. The number of allylic oxidation sites excluding steroid dienone is 1. The van der Waals surface area contributed by atoms with Crippen LogP contribution in [0.2, 0.25) is 0 Å². The van der Waals surface area contributed by atoms with Crippen molar-refractivity contribution in [1.82, 2.24) is 0 Å². The van der Waals surface area contributed by atoms with E-state index in [1.165, 1.54) is 55.6 Å². The van der Waals surface area contributed by atoms with Gasteiger partial charge in [0.25, 0.3) is 0 Å². The molecular formula is C45H38Zr. The van der Waals surface area contributed by atoms with E-state index in [0.717, 1.165) is 12.8 Å². The molecule has 8 rings (SSSR count). The summed E-state index contributed by atoms with van der Waals surface area (Å²) in [5, 5.41) is 0. The molecule has 6 aromatic rings. The predicted octanol–water partition coefficient (Wildman–Crippen LogP) is 11.2. The van der Waals surface area contributed by atoms with E-state index < -0.39 is 21.3 Å². The van der Waals surface area contributed by atoms with Gasteiger partial charge in [-0.05, 0) is 0 Å². The monoisotopic (exact) mass is 668 g/mol. The zero-order chi connectivity index (χ0) is 31.0. The van der Waals surface area contributed by atoms with Crippen LogP contribution in [-0.2, 0) is 34.1 Å². The first-order chi connectivity index (χ1) is 22.7. The third-order valence-corrected chi connectivity index (χ3v) is 18.8. The number of fused-ring (bicyclic) bond motifs is 4. The maximum absolute atomic E-state index is 2.83. The van der Waals surface area contributed by atoms with Crippen LogP contribution < -0.4 is 0 Å². The summed E-state index contributed by atoms with van der Waals surface area (Å²) in [6.45, 7) is 4.58. The molecular weight excluding hydrogens is 632 g/mol. The van der Waals surface area contributed by atoms with Crippen molar-refractivity contribution in [2.75, 3.05) is 0 Å². The summed E-state index contributed by atoms with van der Waals surface area (Å²) in [5.74, 6) is 0. The Hall–Kier alpha value is -4.19. The van der Waals surface area contributed by atoms with Crippen LogP contribution in [0, 0.1) is 0 Å². The van der Waals surface area contributed by atoms with E-state index in [-0.39, 0.29) is 0 Å². The topological polar surface area (TPSA) is 0 Å². The SMILES string of the molecule is CCc1ccc2c(c1)[CH]([Zr](=[C](c1ccccc1)c1ccccc1)[CH]1C=Cc3cc(-c4ccccc4)ccc31)c1cc(CC)ccc1-2. The van der Waals surface area contributed by atoms with Gasteiger partial charge in [-0.15, -0.1) is 0 Å². The number of benzene rings is 6. The van der Waals surface area contributed by atoms with Crippen molar-refractivity contribution in [3.8, 4) is 22.3 Å². The minimum atomic E-state index is -2.83. The molecule has 0 saturated carbocycles. The van der Waals surface area contributed by atoms with Crippen molar-refractivity contribution in [3.05, 3.63) is 196 Å². The Kier molecular flexibility index (Phi) is 7.97. The molecule has 0 spiro atoms. The number of rotatable bonds is 7. The van der Waals surface area contributed by atoms with Crippen LogP contribution in [0.5, 0.6) is 0 Å². The van der Waals surface area contributed by atoms with Crippen molar-refractivity contribution in [2.45, 2.75) is 33.9 Å². The summed E-state index contributed by atoms with van der Waals surface area (Å²) < 4.78 is 2.44. The molecule has 2 aliphatic rings. The molecule has 0 bridgehead atoms. The van der Waals surface area contributed by atoms with Gasteiger partial charge < -0.3 is 0 Å². The normalized spacial score (nSPS) is 14.5. The average Bonchev–Trinajstić information content (AvgIpc) is 3.69. The molecule has 0 aromatic heterocycles. The predicted molar refractivity (Wildman–Crippen MR) is 192 cm³/mol. The Balaban J connectivity index is 1.44. The fourth-order valence-corrected chi connectivity index (χ4v) is 17.6. The van der Waals surface area contributed by atoms with E-state index in [1.54, 1.807) is 14.3 Å². The van der Waals surface area contributed by atoms with E-state index in [0.29, 0.717) is 7.25 Å². The van der Waals surface area contributed by atoms with Crippen LogP contribution in [0.15, 0.2) is 152 Å². The van der Waals surface area contributed by atoms with Crippen molar-refractivity contribution < 1.29 is 21.3 Å². The molecule has 2 aliphatic carbocycles. The van der Waals surface area contributed by atoms with E-state index in [1.807, 2.05) is 0 Å². The van der Waals surface area contributed by atoms with Crippen LogP contribution in [0.1, 0.15) is 65.6 Å². The van der Waals surface area contributed by atoms with Gasteiger partial charge in [0.15, 0.2) is 0 Å². The molecule has 0 amide bonds. The third kappa shape index (κ3) is 5.16. The van der Waals surface area contributed by atoms with E-state index in [4.69, 9.17) is 0 Å². The maximum atomic E-state index is 2.59. The standard InChI is InChI=1S/C17H17.C15H11.C13H10.Zr/c1-3-12-5-7-16-14(9-12)11-15-10-13(4-2)6-8-17(15)16;1-2-5-12(6-3-1)15-10-9-13-7-4-8-14(13)11-15;1-3-7-12(8-4-1)11-13-9-5-2-6-10-13;/h5-11H,3-4H2,1-2H3;1-11H;1-10H;. The van der Waals surface area contributed by atoms with Gasteiger partial charge in [0.05, 0.1) is 0 Å². The molecule has 0 aliphatic heterocycles. The fraction of sp³-hybridized carbons (Fsp3) is 0.133. The molecule has 0 radical (unpaired) electrons. The summed E-state index contributed by atoms with van der Waals surface area (Å²) in [5.41, 5.74) is 17.1. The van der Waals surface area contributed by atoms with Crippen molar-refractivity contribution >= 4 is 9.28 Å². The van der Waals surface area contributed by atoms with Gasteiger partial charge in [0, 0.05) is 0 Å². The van der Waals surface area contributed by atoms with Gasteiger partial charge in [0.2, 0.25) is 0 Å². The molecule has 0 N–H and O–H groups in total. The quantitative estimate of drug-likeness (QED) is 0.159. The van der Waals surface area contributed by atoms with Crippen LogP contribution in [0.4, 0.5) is 0 Å². The Morgan fingerprint density at radius 1 is 0.522 bits per heavy atom. The second-order valence-electron chi connectivity index (χ2n) is 12.6. The average molecular weight is 670 g/mol. The van der Waals surface area contributed by atoms with E-state index in [9.17, 15) is 0 Å². The van der Waals surface area contributed by atoms with Crippen LogP contribution in [-0.4, -0.2) is 3.21 Å². The molecule has 0 heterocycles. The van der Waals surface area contributed by atoms with Gasteiger partial charge in [-0.3, -0.25) is 0 Å². The second-order valence-corrected chi connectivity index (χ2v) is 19.0. The third-order valence-electron chi connectivity index (χ3n) is 10.0. The summed E-state index contributed by atoms with van der Waals surface area (Å²) in [7, 11) is 0. The first-order valence-corrected chi connectivity index (χ1v) is 20.8. The van der Waals surface area contributed by atoms with E-state index in [2.05, 4.69) is 172 Å². The van der Waals surface area contributed by atoms with Crippen molar-refractivity contribution in [2.24, 2.45) is 0 Å². The first-order valence-electron chi connectivity index (χ1n) is 16.7. The van der Waals surface area contributed by atoms with Crippen LogP contribution in [0.25, 0.3) is 28.3 Å². The molecule has 222 valence electrons. The van der Waals surface area contributed by atoms with Gasteiger partial charge in [0.1, 0.15) is 0 Å². The van der Waals surface area contributed by atoms with Gasteiger partial charge in [-0.1, -0.05) is 0 Å². The van der Waals surface area contributed by atoms with Crippen LogP contribution in [0.3, 0.4) is 0 Å². The molecule has 1 atom stereocenters. The molecule has 1 heteroatoms. The Labute approximate surface area is 281 Å². The van der Waals surface area contributed by atoms with Crippen molar-refractivity contribution in [1.29, 1.82) is 0 Å². The molecule has 1 unspecified atom stereocenters. The second kappa shape index (κ2) is 12.5. The first kappa shape index (κ1) is 29.2. The van der Waals surface area contributed by atoms with Crippen molar-refractivity contribution in [3.63, 3.8) is 0 Å². The molecule has 46 heavy (non-hydrogen) atoms. The summed E-state index contributed by atoms with van der Waals surface area (Å²) in [4.78, 5) is 0. The Morgan fingerprint density at radius 3 is 1.61 bits per heavy atom. The summed E-state index contributed by atoms with van der Waals surface area (Å²) >= 11 is -2.83. The number of hydrogen-bond acceptors (Lipinski definition) is 0. The fourth-order valence-electron chi connectivity index (χ4n) is 7.71. The number of aryl methyl sites for hydroxylation is 2. The Bertz CT molecular complexity index is 2010. The van der Waals surface area contributed by atoms with Gasteiger partial charge in [-0.25, -0.2) is 0 Å². The molecule has 6 aromatic carbocycles. The molecule has 0 nitrogen and oxygen atoms in total. The molecule has 0 fully saturated rings. The summed E-state index contributed by atoms with van der Waals surface area (Å²) in [6.07, 6.45) is 7.13. The number of hydrogen-bond donors (Lipinski definition) is 0. The Morgan fingerprint density at radius 2 is 1.07 bits per heavy atom. The van der Waals surface area contributed by atoms with Gasteiger partial charge >= 0.3 is 283 Å². The zero-order valence-electron chi connectivity index (χ0n) is 26.6. The molecule has 0 saturated heterocycles. The van der Waals surface area contributed by atoms with E-state index >= 15 is 0 Å².